The minimum atomic E-state index is 0.340. The highest BCUT2D eigenvalue weighted by Gasteiger charge is 2.44. The van der Waals surface area contributed by atoms with Crippen LogP contribution in [0.4, 0.5) is 0 Å². The number of hydrogen-bond donors (Lipinski definition) is 1. The summed E-state index contributed by atoms with van der Waals surface area (Å²) < 4.78 is 0. The quantitative estimate of drug-likeness (QED) is 0.637. The standard InChI is InChI=1S/C23H26N2S/c1-23(15-26-17-7-4-3-5-8-17)12-19-18-9-6-10-20-22(18)16(13-24-20)11-21(19)25(2)14-23/h3-10,13,19,21,24H,11-12,14-15H2,1-2H3/t19?,21-,23-/m1/s1. The molecule has 0 radical (unpaired) electrons. The van der Waals surface area contributed by atoms with Gasteiger partial charge in [0.2, 0.25) is 0 Å². The van der Waals surface area contributed by atoms with Crippen LogP contribution in [0.2, 0.25) is 0 Å². The number of thioether (sulfide) groups is 1. The summed E-state index contributed by atoms with van der Waals surface area (Å²) in [5.74, 6) is 1.82. The van der Waals surface area contributed by atoms with Crippen molar-refractivity contribution >= 4 is 22.7 Å². The third-order valence-corrected chi connectivity index (χ3v) is 7.80. The van der Waals surface area contributed by atoms with Gasteiger partial charge in [-0.25, -0.2) is 0 Å². The topological polar surface area (TPSA) is 19.0 Å². The Hall–Kier alpha value is -1.71. The van der Waals surface area contributed by atoms with Crippen LogP contribution in [0.15, 0.2) is 59.6 Å². The van der Waals surface area contributed by atoms with Crippen molar-refractivity contribution in [3.63, 3.8) is 0 Å². The Kier molecular flexibility index (Phi) is 3.91. The van der Waals surface area contributed by atoms with Crippen molar-refractivity contribution in [2.45, 2.75) is 36.6 Å². The average molecular weight is 363 g/mol. The molecule has 1 N–H and O–H groups in total. The SMILES string of the molecule is CN1C[C@](C)(CSc2ccccc2)CC2c3cccc4[nH]cc(c34)C[C@H]21. The summed E-state index contributed by atoms with van der Waals surface area (Å²) in [4.78, 5) is 7.51. The van der Waals surface area contributed by atoms with Gasteiger partial charge in [-0.1, -0.05) is 37.3 Å². The molecule has 1 aliphatic heterocycles. The zero-order valence-electron chi connectivity index (χ0n) is 15.5. The van der Waals surface area contributed by atoms with Crippen LogP contribution in [-0.4, -0.2) is 35.3 Å². The number of rotatable bonds is 3. The number of aromatic amines is 1. The van der Waals surface area contributed by atoms with Crippen molar-refractivity contribution in [3.8, 4) is 0 Å². The highest BCUT2D eigenvalue weighted by atomic mass is 32.2. The van der Waals surface area contributed by atoms with Crippen LogP contribution >= 0.6 is 11.8 Å². The number of H-pyrrole nitrogens is 1. The van der Waals surface area contributed by atoms with E-state index in [1.165, 1.54) is 46.5 Å². The summed E-state index contributed by atoms with van der Waals surface area (Å²) in [7, 11) is 2.33. The Morgan fingerprint density at radius 1 is 1.15 bits per heavy atom. The van der Waals surface area contributed by atoms with Gasteiger partial charge in [0.25, 0.3) is 0 Å². The normalized spacial score (nSPS) is 28.2. The molecule has 0 spiro atoms. The molecule has 1 fully saturated rings. The van der Waals surface area contributed by atoms with E-state index in [1.54, 1.807) is 5.56 Å². The first-order valence-electron chi connectivity index (χ1n) is 9.60. The van der Waals surface area contributed by atoms with Gasteiger partial charge in [0.1, 0.15) is 0 Å². The molecule has 3 heteroatoms. The molecule has 3 atom stereocenters. The predicted octanol–water partition coefficient (Wildman–Crippen LogP) is 5.31. The van der Waals surface area contributed by atoms with E-state index in [-0.39, 0.29) is 0 Å². The second-order valence-corrected chi connectivity index (χ2v) is 9.54. The largest absolute Gasteiger partial charge is 0.361 e. The fourth-order valence-corrected chi connectivity index (χ4v) is 6.31. The summed E-state index contributed by atoms with van der Waals surface area (Å²) in [6, 6.07) is 18.3. The third kappa shape index (κ3) is 2.69. The first-order chi connectivity index (χ1) is 12.6. The molecule has 1 aromatic heterocycles. The van der Waals surface area contributed by atoms with E-state index in [4.69, 9.17) is 0 Å². The van der Waals surface area contributed by atoms with E-state index in [0.29, 0.717) is 17.4 Å². The second-order valence-electron chi connectivity index (χ2n) is 8.49. The number of benzene rings is 2. The minimum absolute atomic E-state index is 0.340. The third-order valence-electron chi connectivity index (χ3n) is 6.35. The van der Waals surface area contributed by atoms with Crippen LogP contribution in [0.1, 0.15) is 30.4 Å². The molecule has 0 amide bonds. The highest BCUT2D eigenvalue weighted by molar-refractivity contribution is 7.99. The van der Waals surface area contributed by atoms with Crippen LogP contribution in [0.25, 0.3) is 10.9 Å². The van der Waals surface area contributed by atoms with Gasteiger partial charge >= 0.3 is 0 Å². The van der Waals surface area contributed by atoms with Gasteiger partial charge in [-0.3, -0.25) is 0 Å². The summed E-state index contributed by atoms with van der Waals surface area (Å²) in [5, 5.41) is 1.50. The molecule has 2 aliphatic rings. The molecule has 1 aliphatic carbocycles. The average Bonchev–Trinajstić information content (AvgIpc) is 3.07. The number of hydrogen-bond acceptors (Lipinski definition) is 2. The maximum Gasteiger partial charge on any atom is 0.0459 e. The van der Waals surface area contributed by atoms with Crippen LogP contribution in [0.5, 0.6) is 0 Å². The van der Waals surface area contributed by atoms with Gasteiger partial charge in [-0.05, 0) is 54.6 Å². The van der Waals surface area contributed by atoms with E-state index in [0.717, 1.165) is 0 Å². The fraction of sp³-hybridized carbons (Fsp3) is 0.391. The van der Waals surface area contributed by atoms with Crippen LogP contribution < -0.4 is 0 Å². The molecule has 26 heavy (non-hydrogen) atoms. The molecule has 5 rings (SSSR count). The van der Waals surface area contributed by atoms with Crippen LogP contribution in [0, 0.1) is 5.41 Å². The molecule has 2 heterocycles. The molecule has 1 unspecified atom stereocenters. The number of fused-ring (bicyclic) bond motifs is 2. The van der Waals surface area contributed by atoms with Gasteiger partial charge in [-0.15, -0.1) is 11.8 Å². The van der Waals surface area contributed by atoms with Crippen molar-refractivity contribution in [2.75, 3.05) is 19.3 Å². The van der Waals surface area contributed by atoms with Crippen molar-refractivity contribution < 1.29 is 0 Å². The number of nitrogens with zero attached hydrogens (tertiary/aromatic N) is 1. The molecule has 134 valence electrons. The Morgan fingerprint density at radius 3 is 2.85 bits per heavy atom. The van der Waals surface area contributed by atoms with E-state index in [1.807, 2.05) is 11.8 Å². The van der Waals surface area contributed by atoms with Gasteiger partial charge in [0.15, 0.2) is 0 Å². The minimum Gasteiger partial charge on any atom is -0.361 e. The summed E-state index contributed by atoms with van der Waals surface area (Å²) in [6.07, 6.45) is 4.70. The van der Waals surface area contributed by atoms with E-state index >= 15 is 0 Å². The van der Waals surface area contributed by atoms with Crippen molar-refractivity contribution in [2.24, 2.45) is 5.41 Å². The molecule has 0 bridgehead atoms. The molecule has 2 nitrogen and oxygen atoms in total. The summed E-state index contributed by atoms with van der Waals surface area (Å²) in [5.41, 5.74) is 4.72. The number of nitrogens with one attached hydrogen (secondary N) is 1. The Labute approximate surface area is 160 Å². The van der Waals surface area contributed by atoms with Crippen LogP contribution in [0.3, 0.4) is 0 Å². The summed E-state index contributed by atoms with van der Waals surface area (Å²) >= 11 is 2.01. The van der Waals surface area contributed by atoms with Gasteiger partial charge in [0, 0.05) is 46.3 Å². The lowest BCUT2D eigenvalue weighted by Gasteiger charge is -2.50. The van der Waals surface area contributed by atoms with E-state index < -0.39 is 0 Å². The lowest BCUT2D eigenvalue weighted by Crippen LogP contribution is -2.52. The zero-order valence-corrected chi connectivity index (χ0v) is 16.4. The Balaban J connectivity index is 1.45. The molecule has 2 aromatic carbocycles. The van der Waals surface area contributed by atoms with Crippen LogP contribution in [-0.2, 0) is 6.42 Å². The number of aromatic nitrogens is 1. The predicted molar refractivity (Wildman–Crippen MR) is 111 cm³/mol. The van der Waals surface area contributed by atoms with Gasteiger partial charge in [-0.2, -0.15) is 0 Å². The van der Waals surface area contributed by atoms with Crippen molar-refractivity contribution in [1.82, 2.24) is 9.88 Å². The molecule has 1 saturated heterocycles. The maximum atomic E-state index is 3.49. The van der Waals surface area contributed by atoms with Crippen molar-refractivity contribution in [3.05, 3.63) is 65.9 Å². The molecular weight excluding hydrogens is 336 g/mol. The first kappa shape index (κ1) is 16.5. The lowest BCUT2D eigenvalue weighted by atomic mass is 9.68. The lowest BCUT2D eigenvalue weighted by molar-refractivity contribution is 0.0679. The smallest absolute Gasteiger partial charge is 0.0459 e. The van der Waals surface area contributed by atoms with Gasteiger partial charge in [0.05, 0.1) is 0 Å². The fourth-order valence-electron chi connectivity index (χ4n) is 5.23. The zero-order chi connectivity index (χ0) is 17.7. The first-order valence-corrected chi connectivity index (χ1v) is 10.6. The molecule has 3 aromatic rings. The summed E-state index contributed by atoms with van der Waals surface area (Å²) in [6.45, 7) is 3.67. The molecular formula is C23H26N2S. The number of piperidine rings is 1. The van der Waals surface area contributed by atoms with Crippen molar-refractivity contribution in [1.29, 1.82) is 0 Å². The Bertz CT molecular complexity index is 932. The second kappa shape index (κ2) is 6.17. The maximum absolute atomic E-state index is 3.49. The van der Waals surface area contributed by atoms with Gasteiger partial charge < -0.3 is 9.88 Å². The van der Waals surface area contributed by atoms with E-state index in [2.05, 4.69) is 78.6 Å². The number of likely N-dealkylation sites (N-methyl/N-ethyl adjacent to an activating group) is 1. The van der Waals surface area contributed by atoms with E-state index in [9.17, 15) is 0 Å². The highest BCUT2D eigenvalue weighted by Crippen LogP contribution is 2.49. The molecule has 0 saturated carbocycles. The Morgan fingerprint density at radius 2 is 2.00 bits per heavy atom. The monoisotopic (exact) mass is 362 g/mol. The number of likely N-dealkylation sites (tertiary alicyclic amines) is 1.